The molecule has 10 heteroatoms. The molecule has 3 aromatic heterocycles. The summed E-state index contributed by atoms with van der Waals surface area (Å²) in [5.74, 6) is 0.787. The van der Waals surface area contributed by atoms with Crippen LogP contribution in [0.25, 0.3) is 0 Å². The Balaban J connectivity index is 1.45. The number of carbonyl (C=O) groups excluding carboxylic acids is 1. The summed E-state index contributed by atoms with van der Waals surface area (Å²) in [6.07, 6.45) is 5.53. The van der Waals surface area contributed by atoms with Crippen molar-refractivity contribution in [3.8, 4) is 0 Å². The number of hydrogen-bond donors (Lipinski definition) is 2. The molecule has 1 aliphatic rings. The first kappa shape index (κ1) is 19.7. The van der Waals surface area contributed by atoms with Crippen LogP contribution < -0.4 is 15.5 Å². The minimum absolute atomic E-state index is 0.0389. The lowest BCUT2D eigenvalue weighted by atomic mass is 10.1. The fourth-order valence-corrected chi connectivity index (χ4v) is 3.46. The Morgan fingerprint density at radius 3 is 2.83 bits per heavy atom. The molecule has 2 N–H and O–H groups in total. The number of pyridine rings is 1. The van der Waals surface area contributed by atoms with E-state index in [0.29, 0.717) is 42.7 Å². The van der Waals surface area contributed by atoms with E-state index in [-0.39, 0.29) is 17.8 Å². The number of halogens is 1. The van der Waals surface area contributed by atoms with Gasteiger partial charge in [-0.1, -0.05) is 6.92 Å². The summed E-state index contributed by atoms with van der Waals surface area (Å²) in [6, 6.07) is 2.77. The molecule has 0 saturated carbocycles. The number of anilines is 3. The summed E-state index contributed by atoms with van der Waals surface area (Å²) >= 11 is 0. The van der Waals surface area contributed by atoms with Gasteiger partial charge in [-0.05, 0) is 25.5 Å². The summed E-state index contributed by atoms with van der Waals surface area (Å²) in [5.41, 5.74) is 3.03. The third-order valence-electron chi connectivity index (χ3n) is 5.06. The van der Waals surface area contributed by atoms with Gasteiger partial charge in [0.15, 0.2) is 5.82 Å². The summed E-state index contributed by atoms with van der Waals surface area (Å²) in [5, 5.41) is 10.5. The molecule has 4 heterocycles. The lowest BCUT2D eigenvalue weighted by Crippen LogP contribution is -2.46. The highest BCUT2D eigenvalue weighted by Crippen LogP contribution is 2.32. The maximum atomic E-state index is 13.0. The first-order valence-electron chi connectivity index (χ1n) is 9.72. The van der Waals surface area contributed by atoms with Gasteiger partial charge < -0.3 is 15.5 Å². The second-order valence-corrected chi connectivity index (χ2v) is 7.22. The molecule has 1 aliphatic heterocycles. The van der Waals surface area contributed by atoms with Gasteiger partial charge in [-0.3, -0.25) is 14.5 Å². The number of aryl methyl sites for hydroxylation is 1. The smallest absolute Gasteiger partial charge is 0.247 e. The fourth-order valence-electron chi connectivity index (χ4n) is 3.46. The molecule has 4 rings (SSSR count). The van der Waals surface area contributed by atoms with Gasteiger partial charge >= 0.3 is 0 Å². The standard InChI is InChI=1S/C20H23FN8O/c1-4-16-19(30)26-17-12(2)25-20(27-18(17)28(16)3)23-7-13-8-24-29(10-13)11-15-6-5-14(21)9-22-15/h5-6,8-10,16H,4,7,11H2,1-3H3,(H,26,30)(H,23,25,27)/t16-/m0/s1. The van der Waals surface area contributed by atoms with Crippen molar-refractivity contribution in [1.82, 2.24) is 24.7 Å². The minimum atomic E-state index is -0.361. The fraction of sp³-hybridized carbons (Fsp3) is 0.350. The zero-order valence-electron chi connectivity index (χ0n) is 17.1. The molecule has 156 valence electrons. The normalized spacial score (nSPS) is 15.7. The molecule has 3 aromatic rings. The van der Waals surface area contributed by atoms with E-state index in [1.165, 1.54) is 12.3 Å². The second-order valence-electron chi connectivity index (χ2n) is 7.22. The first-order valence-corrected chi connectivity index (χ1v) is 9.72. The topological polar surface area (TPSA) is 101 Å². The Labute approximate surface area is 173 Å². The molecule has 1 atom stereocenters. The zero-order valence-corrected chi connectivity index (χ0v) is 17.1. The van der Waals surface area contributed by atoms with Crippen molar-refractivity contribution in [2.75, 3.05) is 22.6 Å². The Morgan fingerprint density at radius 1 is 1.27 bits per heavy atom. The van der Waals surface area contributed by atoms with E-state index >= 15 is 0 Å². The minimum Gasteiger partial charge on any atom is -0.350 e. The van der Waals surface area contributed by atoms with Crippen molar-refractivity contribution in [3.63, 3.8) is 0 Å². The van der Waals surface area contributed by atoms with Crippen LogP contribution in [-0.4, -0.2) is 43.7 Å². The van der Waals surface area contributed by atoms with E-state index in [9.17, 15) is 9.18 Å². The number of nitrogens with zero attached hydrogens (tertiary/aromatic N) is 6. The van der Waals surface area contributed by atoms with E-state index in [4.69, 9.17) is 0 Å². The van der Waals surface area contributed by atoms with Crippen LogP contribution in [0.3, 0.4) is 0 Å². The zero-order chi connectivity index (χ0) is 21.3. The molecule has 0 fully saturated rings. The average molecular weight is 410 g/mol. The molecular formula is C20H23FN8O. The van der Waals surface area contributed by atoms with Crippen molar-refractivity contribution >= 4 is 23.4 Å². The second kappa shape index (κ2) is 8.05. The van der Waals surface area contributed by atoms with Gasteiger partial charge in [0.05, 0.1) is 30.3 Å². The molecule has 0 unspecified atom stereocenters. The quantitative estimate of drug-likeness (QED) is 0.643. The lowest BCUT2D eigenvalue weighted by molar-refractivity contribution is -0.117. The first-order chi connectivity index (χ1) is 14.4. The highest BCUT2D eigenvalue weighted by atomic mass is 19.1. The Hall–Kier alpha value is -3.56. The molecule has 1 amide bonds. The summed E-state index contributed by atoms with van der Waals surface area (Å²) < 4.78 is 14.7. The maximum Gasteiger partial charge on any atom is 0.247 e. The molecular weight excluding hydrogens is 387 g/mol. The molecule has 0 saturated heterocycles. The van der Waals surface area contributed by atoms with Crippen LogP contribution in [-0.2, 0) is 17.9 Å². The highest BCUT2D eigenvalue weighted by molar-refractivity contribution is 6.03. The van der Waals surface area contributed by atoms with Crippen LogP contribution in [0.5, 0.6) is 0 Å². The number of likely N-dealkylation sites (N-methyl/N-ethyl adjacent to an activating group) is 1. The van der Waals surface area contributed by atoms with Gasteiger partial charge in [0, 0.05) is 25.4 Å². The Kier molecular flexibility index (Phi) is 5.30. The largest absolute Gasteiger partial charge is 0.350 e. The summed E-state index contributed by atoms with van der Waals surface area (Å²) in [6.45, 7) is 4.76. The summed E-state index contributed by atoms with van der Waals surface area (Å²) in [4.78, 5) is 27.2. The van der Waals surface area contributed by atoms with E-state index in [1.54, 1.807) is 16.9 Å². The van der Waals surface area contributed by atoms with Crippen LogP contribution in [0.15, 0.2) is 30.7 Å². The van der Waals surface area contributed by atoms with Crippen molar-refractivity contribution in [1.29, 1.82) is 0 Å². The highest BCUT2D eigenvalue weighted by Gasteiger charge is 2.32. The van der Waals surface area contributed by atoms with Crippen molar-refractivity contribution in [2.45, 2.75) is 39.4 Å². The number of fused-ring (bicyclic) bond motifs is 1. The average Bonchev–Trinajstić information content (AvgIpc) is 3.17. The van der Waals surface area contributed by atoms with Gasteiger partial charge in [0.25, 0.3) is 0 Å². The van der Waals surface area contributed by atoms with Gasteiger partial charge in [-0.15, -0.1) is 0 Å². The molecule has 9 nitrogen and oxygen atoms in total. The van der Waals surface area contributed by atoms with Gasteiger partial charge in [0.1, 0.15) is 17.5 Å². The van der Waals surface area contributed by atoms with E-state index in [0.717, 1.165) is 11.3 Å². The van der Waals surface area contributed by atoms with E-state index in [1.807, 2.05) is 32.0 Å². The van der Waals surface area contributed by atoms with Crippen LogP contribution in [0.2, 0.25) is 0 Å². The van der Waals surface area contributed by atoms with Crippen molar-refractivity contribution in [3.05, 3.63) is 53.5 Å². The van der Waals surface area contributed by atoms with Crippen LogP contribution in [0.1, 0.15) is 30.3 Å². The lowest BCUT2D eigenvalue weighted by Gasteiger charge is -2.34. The van der Waals surface area contributed by atoms with Crippen LogP contribution in [0, 0.1) is 12.7 Å². The maximum absolute atomic E-state index is 13.0. The third-order valence-corrected chi connectivity index (χ3v) is 5.06. The number of nitrogens with one attached hydrogen (secondary N) is 2. The van der Waals surface area contributed by atoms with Gasteiger partial charge in [0.2, 0.25) is 11.9 Å². The number of rotatable bonds is 6. The number of aromatic nitrogens is 5. The summed E-state index contributed by atoms with van der Waals surface area (Å²) in [7, 11) is 1.87. The molecule has 30 heavy (non-hydrogen) atoms. The molecule has 0 bridgehead atoms. The van der Waals surface area contributed by atoms with Crippen LogP contribution >= 0.6 is 0 Å². The number of amides is 1. The molecule has 0 aliphatic carbocycles. The Morgan fingerprint density at radius 2 is 2.10 bits per heavy atom. The number of hydrogen-bond acceptors (Lipinski definition) is 7. The van der Waals surface area contributed by atoms with Gasteiger partial charge in [-0.25, -0.2) is 9.37 Å². The monoisotopic (exact) mass is 410 g/mol. The van der Waals surface area contributed by atoms with Crippen molar-refractivity contribution < 1.29 is 9.18 Å². The van der Waals surface area contributed by atoms with Crippen LogP contribution in [0.4, 0.5) is 21.8 Å². The molecule has 0 spiro atoms. The number of carbonyl (C=O) groups is 1. The predicted octanol–water partition coefficient (Wildman–Crippen LogP) is 2.34. The van der Waals surface area contributed by atoms with Crippen molar-refractivity contribution in [2.24, 2.45) is 0 Å². The third kappa shape index (κ3) is 3.93. The molecule has 0 radical (unpaired) electrons. The molecule has 0 aromatic carbocycles. The SMILES string of the molecule is CC[C@H]1C(=O)Nc2c(C)nc(NCc3cnn(Cc4ccc(F)cn4)c3)nc2N1C. The van der Waals surface area contributed by atoms with Gasteiger partial charge in [-0.2, -0.15) is 10.1 Å². The van der Waals surface area contributed by atoms with E-state index < -0.39 is 0 Å². The predicted molar refractivity (Wildman–Crippen MR) is 111 cm³/mol. The van der Waals surface area contributed by atoms with E-state index in [2.05, 4.69) is 30.7 Å². The Bertz CT molecular complexity index is 1070.